The van der Waals surface area contributed by atoms with E-state index in [0.717, 1.165) is 37.5 Å². The van der Waals surface area contributed by atoms with Crippen LogP contribution in [0.2, 0.25) is 0 Å². The van der Waals surface area contributed by atoms with E-state index in [0.29, 0.717) is 18.3 Å². The van der Waals surface area contributed by atoms with Gasteiger partial charge in [-0.05, 0) is 62.2 Å². The zero-order chi connectivity index (χ0) is 22.9. The van der Waals surface area contributed by atoms with E-state index in [9.17, 15) is 9.90 Å². The summed E-state index contributed by atoms with van der Waals surface area (Å²) in [6.07, 6.45) is 8.78. The van der Waals surface area contributed by atoms with Crippen molar-refractivity contribution in [3.63, 3.8) is 0 Å². The summed E-state index contributed by atoms with van der Waals surface area (Å²) in [6, 6.07) is 0. The quantitative estimate of drug-likeness (QED) is 0.585. The summed E-state index contributed by atoms with van der Waals surface area (Å²) in [5.74, 6) is 3.31. The molecule has 6 fully saturated rings. The van der Waals surface area contributed by atoms with Gasteiger partial charge in [0.15, 0.2) is 11.4 Å². The second-order valence-electron chi connectivity index (χ2n) is 13.7. The molecule has 2 heterocycles. The number of ether oxygens (including phenoxy) is 2. The Labute approximate surface area is 194 Å². The Hall–Kier alpha value is -0.450. The van der Waals surface area contributed by atoms with Crippen molar-refractivity contribution in [3.8, 4) is 0 Å². The first-order valence-corrected chi connectivity index (χ1v) is 13.6. The highest BCUT2D eigenvalue weighted by Gasteiger charge is 2.95. The second kappa shape index (κ2) is 6.40. The molecule has 0 amide bonds. The zero-order valence-electron chi connectivity index (χ0n) is 21.1. The Balaban J connectivity index is 1.29. The van der Waals surface area contributed by atoms with Crippen molar-refractivity contribution in [2.24, 2.45) is 40.4 Å². The van der Waals surface area contributed by atoms with Crippen LogP contribution < -0.4 is 0 Å². The zero-order valence-corrected chi connectivity index (χ0v) is 21.1. The first-order valence-electron chi connectivity index (χ1n) is 13.6. The van der Waals surface area contributed by atoms with E-state index in [2.05, 4.69) is 41.5 Å². The largest absolute Gasteiger partial charge is 0.393 e. The highest BCUT2D eigenvalue weighted by Crippen LogP contribution is 2.83. The van der Waals surface area contributed by atoms with Crippen molar-refractivity contribution in [2.45, 2.75) is 128 Å². The Morgan fingerprint density at radius 3 is 2.44 bits per heavy atom. The predicted octanol–water partition coefficient (Wildman–Crippen LogP) is 5.30. The maximum Gasteiger partial charge on any atom is 0.199 e. The van der Waals surface area contributed by atoms with E-state index in [1.165, 1.54) is 25.7 Å². The van der Waals surface area contributed by atoms with Gasteiger partial charge in [-0.15, -0.1) is 0 Å². The smallest absolute Gasteiger partial charge is 0.199 e. The number of ketones is 1. The van der Waals surface area contributed by atoms with E-state index < -0.39 is 11.2 Å². The summed E-state index contributed by atoms with van der Waals surface area (Å²) in [5, 5.41) is 10.4. The molecule has 6 aliphatic rings. The van der Waals surface area contributed by atoms with Crippen molar-refractivity contribution in [1.29, 1.82) is 0 Å². The monoisotopic (exact) mass is 444 g/mol. The van der Waals surface area contributed by atoms with Crippen molar-refractivity contribution in [3.05, 3.63) is 0 Å². The summed E-state index contributed by atoms with van der Waals surface area (Å²) in [6.45, 7) is 14.4. The second-order valence-corrected chi connectivity index (χ2v) is 13.7. The number of fused-ring (bicyclic) bond motifs is 1. The van der Waals surface area contributed by atoms with Gasteiger partial charge in [0, 0.05) is 23.2 Å². The van der Waals surface area contributed by atoms with Crippen LogP contribution in [0.5, 0.6) is 0 Å². The number of carbonyl (C=O) groups excluding carboxylic acids is 1. The van der Waals surface area contributed by atoms with Gasteiger partial charge in [-0.25, -0.2) is 0 Å². The van der Waals surface area contributed by atoms with Crippen LogP contribution in [-0.2, 0) is 14.3 Å². The number of epoxide rings is 2. The third kappa shape index (κ3) is 2.25. The van der Waals surface area contributed by atoms with Crippen LogP contribution in [0.3, 0.4) is 0 Å². The molecule has 4 aliphatic carbocycles. The van der Waals surface area contributed by atoms with E-state index in [-0.39, 0.29) is 40.3 Å². The lowest BCUT2D eigenvalue weighted by Gasteiger charge is -2.55. The number of hydrogen-bond acceptors (Lipinski definition) is 4. The molecule has 3 spiro atoms. The van der Waals surface area contributed by atoms with Crippen LogP contribution in [0, 0.1) is 40.4 Å². The SMILES string of the molecule is CC(C)[C@@H](C)CC[C@@H](C)[C@H]1CC[C@@]23O[C@@]24C(=O)[C@H]2O[C@]25C[C@@H](O)CC[C@]5(C)[C@H]4CC[C@]13C. The molecule has 0 aromatic rings. The van der Waals surface area contributed by atoms with Crippen molar-refractivity contribution in [1.82, 2.24) is 0 Å². The molecule has 11 atom stereocenters. The molecule has 0 radical (unpaired) electrons. The van der Waals surface area contributed by atoms with Gasteiger partial charge in [0.25, 0.3) is 0 Å². The third-order valence-electron chi connectivity index (χ3n) is 12.4. The Morgan fingerprint density at radius 2 is 1.72 bits per heavy atom. The molecule has 180 valence electrons. The standard InChI is InChI=1S/C28H44O4/c1-16(2)17(3)7-8-18(4)20-10-14-27-24(20,5)13-11-21-25(6)12-9-19(29)15-26(25)23(31-26)22(30)28(21,27)32-27/h16-21,23,29H,7-15H2,1-6H3/t17-,18+,19-,20+,21+,23+,24+,25+,26+,27-,28-/m0/s1. The van der Waals surface area contributed by atoms with Crippen LogP contribution in [0.15, 0.2) is 0 Å². The number of rotatable bonds is 5. The van der Waals surface area contributed by atoms with E-state index in [1.807, 2.05) is 0 Å². The molecule has 2 saturated heterocycles. The fourth-order valence-electron chi connectivity index (χ4n) is 9.90. The first-order chi connectivity index (χ1) is 15.0. The summed E-state index contributed by atoms with van der Waals surface area (Å²) in [4.78, 5) is 14.0. The van der Waals surface area contributed by atoms with Crippen LogP contribution in [0.25, 0.3) is 0 Å². The van der Waals surface area contributed by atoms with Gasteiger partial charge in [-0.2, -0.15) is 0 Å². The highest BCUT2D eigenvalue weighted by molar-refractivity contribution is 6.01. The third-order valence-corrected chi connectivity index (χ3v) is 12.4. The van der Waals surface area contributed by atoms with Crippen LogP contribution in [0.4, 0.5) is 0 Å². The van der Waals surface area contributed by atoms with Gasteiger partial charge in [-0.1, -0.05) is 54.4 Å². The molecule has 0 aromatic carbocycles. The lowest BCUT2D eigenvalue weighted by Crippen LogP contribution is -2.66. The Bertz CT molecular complexity index is 839. The number of aliphatic hydroxyl groups is 1. The number of carbonyl (C=O) groups is 1. The minimum Gasteiger partial charge on any atom is -0.393 e. The molecule has 0 bridgehead atoms. The van der Waals surface area contributed by atoms with Gasteiger partial charge >= 0.3 is 0 Å². The fourth-order valence-corrected chi connectivity index (χ4v) is 9.90. The van der Waals surface area contributed by atoms with Gasteiger partial charge in [-0.3, -0.25) is 4.79 Å². The molecular formula is C28H44O4. The molecule has 32 heavy (non-hydrogen) atoms. The first kappa shape index (κ1) is 22.0. The lowest BCUT2D eigenvalue weighted by molar-refractivity contribution is -0.140. The number of hydrogen-bond donors (Lipinski definition) is 1. The predicted molar refractivity (Wildman–Crippen MR) is 123 cm³/mol. The maximum absolute atomic E-state index is 14.0. The van der Waals surface area contributed by atoms with Gasteiger partial charge in [0.2, 0.25) is 0 Å². The average Bonchev–Trinajstić information content (AvgIpc) is 3.60. The van der Waals surface area contributed by atoms with Crippen LogP contribution >= 0.6 is 0 Å². The Morgan fingerprint density at radius 1 is 1.00 bits per heavy atom. The molecule has 1 N–H and O–H groups in total. The highest BCUT2D eigenvalue weighted by atomic mass is 16.7. The Kier molecular flexibility index (Phi) is 4.41. The van der Waals surface area contributed by atoms with Gasteiger partial charge in [0.05, 0.1) is 6.10 Å². The van der Waals surface area contributed by atoms with Crippen molar-refractivity contribution in [2.75, 3.05) is 0 Å². The van der Waals surface area contributed by atoms with Crippen LogP contribution in [-0.4, -0.2) is 39.9 Å². The maximum atomic E-state index is 14.0. The van der Waals surface area contributed by atoms with Crippen molar-refractivity contribution < 1.29 is 19.4 Å². The number of aliphatic hydroxyl groups excluding tert-OH is 1. The summed E-state index contributed by atoms with van der Waals surface area (Å²) < 4.78 is 13.2. The molecule has 0 aromatic heterocycles. The van der Waals surface area contributed by atoms with E-state index >= 15 is 0 Å². The minimum atomic E-state index is -0.610. The summed E-state index contributed by atoms with van der Waals surface area (Å²) in [5.41, 5.74) is -1.25. The topological polar surface area (TPSA) is 62.4 Å². The lowest BCUT2D eigenvalue weighted by atomic mass is 9.44. The van der Waals surface area contributed by atoms with E-state index in [1.54, 1.807) is 0 Å². The molecular weight excluding hydrogens is 400 g/mol. The molecule has 6 rings (SSSR count). The summed E-state index contributed by atoms with van der Waals surface area (Å²) >= 11 is 0. The summed E-state index contributed by atoms with van der Waals surface area (Å²) in [7, 11) is 0. The minimum absolute atomic E-state index is 0.0496. The van der Waals surface area contributed by atoms with Gasteiger partial charge in [0.1, 0.15) is 17.3 Å². The molecule has 4 heteroatoms. The van der Waals surface area contributed by atoms with Crippen molar-refractivity contribution >= 4 is 5.78 Å². The normalized spacial score (nSPS) is 57.1. The van der Waals surface area contributed by atoms with Gasteiger partial charge < -0.3 is 14.6 Å². The molecule has 4 saturated carbocycles. The fraction of sp³-hybridized carbons (Fsp3) is 0.964. The van der Waals surface area contributed by atoms with E-state index in [4.69, 9.17) is 9.47 Å². The molecule has 2 aliphatic heterocycles. The molecule has 0 unspecified atom stereocenters. The molecule has 4 nitrogen and oxygen atoms in total. The average molecular weight is 445 g/mol. The van der Waals surface area contributed by atoms with Crippen LogP contribution in [0.1, 0.15) is 99.3 Å². The number of Topliss-reactive ketones (excluding diaryl/α,β-unsaturated/α-hetero) is 1.